The third-order valence-corrected chi connectivity index (χ3v) is 3.17. The van der Waals surface area contributed by atoms with E-state index in [0.717, 1.165) is 17.0 Å². The molecule has 2 aromatic carbocycles. The van der Waals surface area contributed by atoms with Gasteiger partial charge in [-0.15, -0.1) is 0 Å². The van der Waals surface area contributed by atoms with Gasteiger partial charge < -0.3 is 15.8 Å². The molecule has 0 saturated heterocycles. The molecule has 0 aliphatic rings. The zero-order valence-electron chi connectivity index (χ0n) is 11.2. The molecule has 0 heterocycles. The minimum atomic E-state index is -0.436. The van der Waals surface area contributed by atoms with Crippen molar-refractivity contribution in [3.8, 4) is 5.75 Å². The number of hydrogen-bond acceptors (Lipinski definition) is 3. The van der Waals surface area contributed by atoms with Crippen molar-refractivity contribution in [3.05, 3.63) is 53.3 Å². The fraction of sp³-hybridized carbons (Fsp3) is 0.133. The van der Waals surface area contributed by atoms with E-state index in [0.29, 0.717) is 5.69 Å². The second-order valence-corrected chi connectivity index (χ2v) is 4.77. The number of anilines is 2. The van der Waals surface area contributed by atoms with Gasteiger partial charge in [0.2, 0.25) is 0 Å². The summed E-state index contributed by atoms with van der Waals surface area (Å²) in [7, 11) is 1.61. The molecule has 0 unspecified atom stereocenters. The maximum Gasteiger partial charge on any atom is 0.135 e. The van der Waals surface area contributed by atoms with Crippen molar-refractivity contribution in [2.45, 2.75) is 6.92 Å². The van der Waals surface area contributed by atoms with Gasteiger partial charge in [-0.25, -0.2) is 4.39 Å². The topological polar surface area (TPSA) is 47.3 Å². The number of aryl methyl sites for hydroxylation is 1. The second kappa shape index (κ2) is 5.88. The number of nitrogens with one attached hydrogen (secondary N) is 1. The Morgan fingerprint density at radius 2 is 2.00 bits per heavy atom. The highest BCUT2D eigenvalue weighted by Gasteiger charge is 2.12. The Balaban J connectivity index is 2.40. The van der Waals surface area contributed by atoms with Gasteiger partial charge in [0.25, 0.3) is 0 Å². The molecule has 3 nitrogen and oxygen atoms in total. The number of nitrogens with two attached hydrogens (primary N) is 1. The third-order valence-electron chi connectivity index (χ3n) is 2.96. The Bertz CT molecular complexity index is 658. The van der Waals surface area contributed by atoms with E-state index in [1.54, 1.807) is 19.2 Å². The van der Waals surface area contributed by atoms with Crippen molar-refractivity contribution in [3.63, 3.8) is 0 Å². The molecule has 0 fully saturated rings. The molecule has 0 bridgehead atoms. The van der Waals surface area contributed by atoms with Crippen LogP contribution in [0, 0.1) is 12.7 Å². The van der Waals surface area contributed by atoms with Crippen LogP contribution in [0.1, 0.15) is 11.1 Å². The predicted molar refractivity (Wildman–Crippen MR) is 83.3 cm³/mol. The highest BCUT2D eigenvalue weighted by molar-refractivity contribution is 7.80. The van der Waals surface area contributed by atoms with E-state index in [4.69, 9.17) is 22.7 Å². The third kappa shape index (κ3) is 2.88. The summed E-state index contributed by atoms with van der Waals surface area (Å²) < 4.78 is 18.9. The van der Waals surface area contributed by atoms with Gasteiger partial charge in [0.15, 0.2) is 0 Å². The van der Waals surface area contributed by atoms with Gasteiger partial charge in [-0.05, 0) is 42.8 Å². The number of hydrogen-bond donors (Lipinski definition) is 2. The van der Waals surface area contributed by atoms with Crippen LogP contribution in [-0.2, 0) is 0 Å². The quantitative estimate of drug-likeness (QED) is 0.846. The van der Waals surface area contributed by atoms with Gasteiger partial charge in [-0.1, -0.05) is 18.3 Å². The minimum Gasteiger partial charge on any atom is -0.497 e. The smallest absolute Gasteiger partial charge is 0.135 e. The SMILES string of the molecule is COc1ccc(Nc2cccc(F)c2C(N)=S)c(C)c1. The van der Waals surface area contributed by atoms with Crippen LogP contribution < -0.4 is 15.8 Å². The molecule has 104 valence electrons. The number of ether oxygens (including phenoxy) is 1. The first-order chi connectivity index (χ1) is 9.52. The Labute approximate surface area is 122 Å². The number of rotatable bonds is 4. The van der Waals surface area contributed by atoms with E-state index in [-0.39, 0.29) is 10.6 Å². The van der Waals surface area contributed by atoms with Crippen molar-refractivity contribution in [2.24, 2.45) is 5.73 Å². The van der Waals surface area contributed by atoms with Crippen molar-refractivity contribution < 1.29 is 9.13 Å². The summed E-state index contributed by atoms with van der Waals surface area (Å²) in [6.07, 6.45) is 0. The van der Waals surface area contributed by atoms with Crippen molar-refractivity contribution in [1.29, 1.82) is 0 Å². The molecule has 5 heteroatoms. The minimum absolute atomic E-state index is 0.0248. The van der Waals surface area contributed by atoms with Gasteiger partial charge in [-0.2, -0.15) is 0 Å². The second-order valence-electron chi connectivity index (χ2n) is 4.33. The van der Waals surface area contributed by atoms with E-state index in [2.05, 4.69) is 5.32 Å². The summed E-state index contributed by atoms with van der Waals surface area (Å²) >= 11 is 4.90. The van der Waals surface area contributed by atoms with Crippen LogP contribution >= 0.6 is 12.2 Å². The fourth-order valence-electron chi connectivity index (χ4n) is 1.93. The van der Waals surface area contributed by atoms with Gasteiger partial charge in [0.05, 0.1) is 18.4 Å². The van der Waals surface area contributed by atoms with Crippen molar-refractivity contribution in [1.82, 2.24) is 0 Å². The summed E-state index contributed by atoms with van der Waals surface area (Å²) in [6.45, 7) is 1.94. The molecule has 0 aliphatic heterocycles. The predicted octanol–water partition coefficient (Wildman–Crippen LogP) is 3.52. The van der Waals surface area contributed by atoms with Crippen molar-refractivity contribution >= 4 is 28.6 Å². The molecule has 0 spiro atoms. The van der Waals surface area contributed by atoms with E-state index >= 15 is 0 Å². The lowest BCUT2D eigenvalue weighted by molar-refractivity contribution is 0.414. The van der Waals surface area contributed by atoms with Crippen LogP contribution in [0.2, 0.25) is 0 Å². The van der Waals surface area contributed by atoms with E-state index in [1.807, 2.05) is 25.1 Å². The number of halogens is 1. The standard InChI is InChI=1S/C15H15FN2OS/c1-9-8-10(19-2)6-7-12(9)18-13-5-3-4-11(16)14(13)15(17)20/h3-8,18H,1-2H3,(H2,17,20). The van der Waals surface area contributed by atoms with Crippen molar-refractivity contribution in [2.75, 3.05) is 12.4 Å². The Hall–Kier alpha value is -2.14. The molecule has 20 heavy (non-hydrogen) atoms. The maximum absolute atomic E-state index is 13.8. The lowest BCUT2D eigenvalue weighted by Crippen LogP contribution is -2.14. The van der Waals surface area contributed by atoms with Gasteiger partial charge in [0.1, 0.15) is 16.6 Å². The van der Waals surface area contributed by atoms with Crippen LogP contribution in [0.3, 0.4) is 0 Å². The number of methoxy groups -OCH3 is 1. The molecule has 2 aromatic rings. The molecular weight excluding hydrogens is 275 g/mol. The van der Waals surface area contributed by atoms with Gasteiger partial charge >= 0.3 is 0 Å². The van der Waals surface area contributed by atoms with Crippen LogP contribution in [0.15, 0.2) is 36.4 Å². The summed E-state index contributed by atoms with van der Waals surface area (Å²) in [5.41, 5.74) is 8.17. The van der Waals surface area contributed by atoms with Crippen LogP contribution in [-0.4, -0.2) is 12.1 Å². The molecule has 2 rings (SSSR count). The highest BCUT2D eigenvalue weighted by Crippen LogP contribution is 2.27. The summed E-state index contributed by atoms with van der Waals surface area (Å²) in [5, 5.41) is 3.15. The molecule has 0 amide bonds. The maximum atomic E-state index is 13.8. The Kier molecular flexibility index (Phi) is 4.20. The zero-order chi connectivity index (χ0) is 14.7. The largest absolute Gasteiger partial charge is 0.497 e. The van der Waals surface area contributed by atoms with E-state index in [1.165, 1.54) is 6.07 Å². The first-order valence-electron chi connectivity index (χ1n) is 6.03. The summed E-state index contributed by atoms with van der Waals surface area (Å²) in [5.74, 6) is 0.329. The molecule has 0 radical (unpaired) electrons. The average molecular weight is 290 g/mol. The van der Waals surface area contributed by atoms with Crippen LogP contribution in [0.4, 0.5) is 15.8 Å². The number of thiocarbonyl (C=S) groups is 1. The van der Waals surface area contributed by atoms with Crippen LogP contribution in [0.5, 0.6) is 5.75 Å². The zero-order valence-corrected chi connectivity index (χ0v) is 12.1. The monoisotopic (exact) mass is 290 g/mol. The Morgan fingerprint density at radius 3 is 2.60 bits per heavy atom. The van der Waals surface area contributed by atoms with Crippen LogP contribution in [0.25, 0.3) is 0 Å². The number of benzene rings is 2. The highest BCUT2D eigenvalue weighted by atomic mass is 32.1. The molecule has 0 aromatic heterocycles. The molecular formula is C15H15FN2OS. The first-order valence-corrected chi connectivity index (χ1v) is 6.43. The molecule has 3 N–H and O–H groups in total. The fourth-order valence-corrected chi connectivity index (χ4v) is 2.13. The summed E-state index contributed by atoms with van der Waals surface area (Å²) in [4.78, 5) is 0.0248. The average Bonchev–Trinajstić information content (AvgIpc) is 2.40. The Morgan fingerprint density at radius 1 is 1.25 bits per heavy atom. The van der Waals surface area contributed by atoms with Gasteiger partial charge in [0, 0.05) is 5.69 Å². The lowest BCUT2D eigenvalue weighted by atomic mass is 10.1. The lowest BCUT2D eigenvalue weighted by Gasteiger charge is -2.14. The van der Waals surface area contributed by atoms with E-state index < -0.39 is 5.82 Å². The normalized spacial score (nSPS) is 10.2. The summed E-state index contributed by atoms with van der Waals surface area (Å²) in [6, 6.07) is 10.3. The molecule has 0 aliphatic carbocycles. The molecule has 0 atom stereocenters. The first kappa shape index (κ1) is 14.3. The molecule has 0 saturated carbocycles. The van der Waals surface area contributed by atoms with Gasteiger partial charge in [-0.3, -0.25) is 0 Å². The van der Waals surface area contributed by atoms with E-state index in [9.17, 15) is 4.39 Å².